The van der Waals surface area contributed by atoms with E-state index < -0.39 is 0 Å². The first-order chi connectivity index (χ1) is 36.6. The molecule has 1 unspecified atom stereocenters. The Morgan fingerprint density at radius 2 is 0.873 bits per heavy atom. The maximum atomic E-state index is 12.2. The Kier molecular flexibility index (Phi) is 42.9. The van der Waals surface area contributed by atoms with Crippen molar-refractivity contribution in [3.05, 3.63) is 89.2 Å². The molecule has 30 heteroatoms. The standard InChI is InChI=1S/C14H18Br2N4O.C12H14Br2N4O.C7H14N4.C7H16N2O.C5H10N4.C4H10N2O.2ClH/c1-20-11(7-10(15)13(20)16)12(21)6-4-2-3-5-9-8-18-14(17)19-9;1-18-9(5-8(13)11(18)14)10(19)4-2-3-7-6-16-12(15)17-7;8-4-2-1-3-6-5-10-7(9)11-6;1-6(10)7(9)4-2-3-5-8;6-2-1-4-3-8-5(7)9-4;5-2-1-4(7)3-6;;/h7-8H,2-6H2,1H3,(H3,17,18,19);5-6H,2-4H2,1H3,(H3,15,16,17);5H,1-4,8H2,(H3,9,10,11);7H,2-5,8-9H2,1H3;3H,1-2,6H2,(H3,7,8,9);1-3,5-6H2;2*1H. The van der Waals surface area contributed by atoms with Gasteiger partial charge < -0.3 is 86.4 Å². The van der Waals surface area contributed by atoms with E-state index in [0.717, 1.165) is 137 Å². The van der Waals surface area contributed by atoms with Crippen LogP contribution in [0.3, 0.4) is 0 Å². The van der Waals surface area contributed by atoms with Crippen molar-refractivity contribution >= 4 is 135 Å². The summed E-state index contributed by atoms with van der Waals surface area (Å²) in [7, 11) is 3.74. The van der Waals surface area contributed by atoms with E-state index in [9.17, 15) is 19.2 Å². The molecule has 0 fully saturated rings. The van der Waals surface area contributed by atoms with Crippen LogP contribution in [0.5, 0.6) is 0 Å². The summed E-state index contributed by atoms with van der Waals surface area (Å²) in [5.74, 6) is 2.22. The summed E-state index contributed by atoms with van der Waals surface area (Å²) in [6.45, 7) is 4.12. The van der Waals surface area contributed by atoms with Crippen molar-refractivity contribution in [1.82, 2.24) is 49.0 Å². The number of carbonyl (C=O) groups is 4. The van der Waals surface area contributed by atoms with E-state index in [-0.39, 0.29) is 60.5 Å². The lowest BCUT2D eigenvalue weighted by molar-refractivity contribution is -0.118. The number of imidazole rings is 4. The second kappa shape index (κ2) is 44.2. The van der Waals surface area contributed by atoms with Crippen LogP contribution in [-0.2, 0) is 49.4 Å². The molecule has 0 aromatic carbocycles. The number of nitrogens with zero attached hydrogens (tertiary/aromatic N) is 6. The zero-order valence-corrected chi connectivity index (χ0v) is 53.3. The number of H-pyrrole nitrogens is 4. The van der Waals surface area contributed by atoms with Gasteiger partial charge in [0.15, 0.2) is 35.4 Å². The summed E-state index contributed by atoms with van der Waals surface area (Å²) in [5, 5.41) is 0. The highest BCUT2D eigenvalue weighted by molar-refractivity contribution is 9.13. The van der Waals surface area contributed by atoms with Gasteiger partial charge in [0.1, 0.15) is 11.6 Å². The normalized spacial score (nSPS) is 10.5. The van der Waals surface area contributed by atoms with Gasteiger partial charge in [-0.3, -0.25) is 19.2 Å². The van der Waals surface area contributed by atoms with Crippen LogP contribution in [0.25, 0.3) is 0 Å². The van der Waals surface area contributed by atoms with Crippen LogP contribution in [0.15, 0.2) is 55.1 Å². The minimum atomic E-state index is -0.272. The Morgan fingerprint density at radius 1 is 0.506 bits per heavy atom. The van der Waals surface area contributed by atoms with Gasteiger partial charge in [-0.1, -0.05) is 12.8 Å². The van der Waals surface area contributed by atoms with Gasteiger partial charge in [-0.25, -0.2) is 19.9 Å². The van der Waals surface area contributed by atoms with E-state index in [1.54, 1.807) is 24.8 Å². The fourth-order valence-corrected chi connectivity index (χ4v) is 8.27. The Hall–Kier alpha value is -4.46. The molecule has 1 atom stereocenters. The molecule has 0 spiro atoms. The molecule has 6 aromatic rings. The van der Waals surface area contributed by atoms with E-state index in [0.29, 0.717) is 68.4 Å². The third-order valence-electron chi connectivity index (χ3n) is 11.1. The molecule has 0 radical (unpaired) electrons. The summed E-state index contributed by atoms with van der Waals surface area (Å²) in [5.41, 5.74) is 58.6. The molecule has 446 valence electrons. The van der Waals surface area contributed by atoms with E-state index in [1.165, 1.54) is 6.92 Å². The summed E-state index contributed by atoms with van der Waals surface area (Å²) in [4.78, 5) is 72.4. The number of aromatic amines is 4. The lowest BCUT2D eigenvalue weighted by Gasteiger charge is -2.05. The molecule has 0 saturated carbocycles. The number of ketones is 4. The Labute approximate surface area is 509 Å². The first-order valence-corrected chi connectivity index (χ1v) is 28.3. The lowest BCUT2D eigenvalue weighted by atomic mass is 10.1. The average Bonchev–Trinajstić information content (AvgIpc) is 4.28. The smallest absolute Gasteiger partial charge is 0.197 e. The van der Waals surface area contributed by atoms with Crippen molar-refractivity contribution in [2.75, 3.05) is 55.7 Å². The lowest BCUT2D eigenvalue weighted by Crippen LogP contribution is -2.28. The molecule has 79 heavy (non-hydrogen) atoms. The topological polar surface area (TPSA) is 453 Å². The number of carbonyl (C=O) groups excluding carboxylic acids is 4. The van der Waals surface area contributed by atoms with Crippen LogP contribution in [0, 0.1) is 0 Å². The van der Waals surface area contributed by atoms with Crippen molar-refractivity contribution in [1.29, 1.82) is 0 Å². The Balaban J connectivity index is 0. The van der Waals surface area contributed by atoms with Crippen LogP contribution < -0.4 is 57.3 Å². The third kappa shape index (κ3) is 32.5. The fraction of sp³-hybridized carbons (Fsp3) is 0.510. The monoisotopic (exact) mass is 1400 g/mol. The number of hydrogen-bond donors (Lipinski definition) is 14. The van der Waals surface area contributed by atoms with E-state index in [1.807, 2.05) is 35.4 Å². The number of Topliss-reactive ketones (excluding diaryl/α,β-unsaturated/α-hetero) is 4. The van der Waals surface area contributed by atoms with Crippen molar-refractivity contribution in [3.63, 3.8) is 0 Å². The van der Waals surface area contributed by atoms with Crippen molar-refractivity contribution in [2.24, 2.45) is 48.5 Å². The maximum Gasteiger partial charge on any atom is 0.197 e. The summed E-state index contributed by atoms with van der Waals surface area (Å²) < 4.78 is 7.25. The molecule has 0 saturated heterocycles. The van der Waals surface area contributed by atoms with Gasteiger partial charge in [-0.2, -0.15) is 0 Å². The maximum absolute atomic E-state index is 12.2. The van der Waals surface area contributed by atoms with Crippen molar-refractivity contribution in [3.8, 4) is 0 Å². The number of anilines is 4. The van der Waals surface area contributed by atoms with Gasteiger partial charge >= 0.3 is 0 Å². The largest absolute Gasteiger partial charge is 0.369 e. The number of aryl methyl sites for hydroxylation is 3. The van der Waals surface area contributed by atoms with Crippen LogP contribution in [-0.4, -0.2) is 111 Å². The van der Waals surface area contributed by atoms with Gasteiger partial charge in [0.2, 0.25) is 0 Å². The van der Waals surface area contributed by atoms with Crippen molar-refractivity contribution < 1.29 is 19.2 Å². The van der Waals surface area contributed by atoms with Crippen molar-refractivity contribution in [2.45, 2.75) is 116 Å². The molecular weight excluding hydrogens is 1320 g/mol. The highest BCUT2D eigenvalue weighted by Crippen LogP contribution is 2.28. The van der Waals surface area contributed by atoms with Crippen LogP contribution in [0.2, 0.25) is 0 Å². The van der Waals surface area contributed by atoms with Gasteiger partial charge in [-0.05, 0) is 173 Å². The summed E-state index contributed by atoms with van der Waals surface area (Å²) >= 11 is 13.7. The molecular formula is C49H84Br4Cl2N20O4. The molecule has 0 aliphatic rings. The predicted molar refractivity (Wildman–Crippen MR) is 336 cm³/mol. The van der Waals surface area contributed by atoms with E-state index in [2.05, 4.69) is 104 Å². The number of halogens is 6. The van der Waals surface area contributed by atoms with Crippen LogP contribution >= 0.6 is 88.5 Å². The first-order valence-electron chi connectivity index (χ1n) is 25.2. The highest BCUT2D eigenvalue weighted by Gasteiger charge is 2.16. The first kappa shape index (κ1) is 76.6. The van der Waals surface area contributed by atoms with Gasteiger partial charge in [0.05, 0.1) is 66.9 Å². The van der Waals surface area contributed by atoms with Crippen LogP contribution in [0.1, 0.15) is 128 Å². The van der Waals surface area contributed by atoms with Gasteiger partial charge in [0, 0.05) is 62.6 Å². The average molecular weight is 1410 g/mol. The number of nitrogens with one attached hydrogen (secondary N) is 4. The minimum Gasteiger partial charge on any atom is -0.369 e. The fourth-order valence-electron chi connectivity index (χ4n) is 6.70. The zero-order chi connectivity index (χ0) is 57.9. The number of rotatable bonds is 26. The second-order valence-corrected chi connectivity index (χ2v) is 20.7. The zero-order valence-electron chi connectivity index (χ0n) is 45.3. The molecule has 24 nitrogen and oxygen atoms in total. The quantitative estimate of drug-likeness (QED) is 0.0206. The van der Waals surface area contributed by atoms with E-state index >= 15 is 0 Å². The minimum absolute atomic E-state index is 0. The van der Waals surface area contributed by atoms with Gasteiger partial charge in [-0.15, -0.1) is 24.8 Å². The molecule has 6 rings (SSSR count). The number of nitrogen functional groups attached to an aromatic ring is 4. The third-order valence-corrected chi connectivity index (χ3v) is 15.2. The molecule has 0 aliphatic carbocycles. The Morgan fingerprint density at radius 3 is 1.18 bits per heavy atom. The molecule has 6 heterocycles. The summed E-state index contributed by atoms with van der Waals surface area (Å²) in [6.07, 6.45) is 20.4. The molecule has 24 N–H and O–H groups in total. The number of aromatic nitrogens is 10. The molecule has 6 aromatic heterocycles. The SMILES string of the molecule is CC(=O)C(N)CCCCN.Cl.Cl.Cn1c(C(=O)CCCCCc2cnc(N)[nH]2)cc(Br)c1Br.Cn1c(C(=O)CCCc2cnc(N)[nH]2)cc(Br)c1Br.NCCC(=O)CN.NCCCCc1cnc(N)[nH]1.NCCc1cnc(N)[nH]1. The number of unbranched alkanes of at least 4 members (excludes halogenated alkanes) is 4. The molecule has 0 bridgehead atoms. The number of nitrogens with two attached hydrogens (primary N) is 10. The number of hydrogen-bond acceptors (Lipinski definition) is 18. The molecule has 0 aliphatic heterocycles. The van der Waals surface area contributed by atoms with Crippen LogP contribution in [0.4, 0.5) is 23.8 Å². The second-order valence-electron chi connectivity index (χ2n) is 17.5. The highest BCUT2D eigenvalue weighted by atomic mass is 79.9. The predicted octanol–water partition coefficient (Wildman–Crippen LogP) is 6.41. The van der Waals surface area contributed by atoms with Gasteiger partial charge in [0.25, 0.3) is 0 Å². The molecule has 0 amide bonds. The summed E-state index contributed by atoms with van der Waals surface area (Å²) in [6, 6.07) is 3.42. The Bertz CT molecular complexity index is 2610. The van der Waals surface area contributed by atoms with E-state index in [4.69, 9.17) is 57.3 Å².